The van der Waals surface area contributed by atoms with E-state index >= 15 is 0 Å². The van der Waals surface area contributed by atoms with Gasteiger partial charge in [-0.2, -0.15) is 0 Å². The Morgan fingerprint density at radius 3 is 2.76 bits per heavy atom. The first kappa shape index (κ1) is 16.4. The fraction of sp³-hybridized carbons (Fsp3) is 0.600. The first-order chi connectivity index (χ1) is 9.91. The molecule has 0 bridgehead atoms. The van der Waals surface area contributed by atoms with Crippen LogP contribution in [0.3, 0.4) is 0 Å². The van der Waals surface area contributed by atoms with Crippen molar-refractivity contribution in [3.8, 4) is 0 Å². The molecule has 3 nitrogen and oxygen atoms in total. The van der Waals surface area contributed by atoms with Crippen molar-refractivity contribution < 1.29 is 17.2 Å². The Kier molecular flexibility index (Phi) is 5.32. The third-order valence-corrected chi connectivity index (χ3v) is 5.77. The molecule has 2 rings (SSSR count). The summed E-state index contributed by atoms with van der Waals surface area (Å²) in [6.45, 7) is 2.65. The predicted molar refractivity (Wildman–Crippen MR) is 78.9 cm³/mol. The number of nitrogens with one attached hydrogen (secondary N) is 1. The van der Waals surface area contributed by atoms with Crippen LogP contribution in [-0.4, -0.2) is 32.5 Å². The van der Waals surface area contributed by atoms with Crippen LogP contribution in [-0.2, 0) is 16.3 Å². The summed E-state index contributed by atoms with van der Waals surface area (Å²) < 4.78 is 50.0. The maximum Gasteiger partial charge on any atom is 0.162 e. The van der Waals surface area contributed by atoms with Gasteiger partial charge in [0.25, 0.3) is 0 Å². The standard InChI is InChI=1S/C15H21F2NO2S/c1-2-18-13(8-11-6-7-21(19,20)10-11)9-12-4-3-5-14(16)15(12)17/h3-5,11,13,18H,2,6-10H2,1H3. The average Bonchev–Trinajstić information content (AvgIpc) is 2.74. The maximum atomic E-state index is 13.7. The van der Waals surface area contributed by atoms with Gasteiger partial charge in [-0.25, -0.2) is 17.2 Å². The molecule has 0 radical (unpaired) electrons. The van der Waals surface area contributed by atoms with Crippen LogP contribution in [0.25, 0.3) is 0 Å². The van der Waals surface area contributed by atoms with E-state index in [1.807, 2.05) is 6.92 Å². The molecule has 6 heteroatoms. The quantitative estimate of drug-likeness (QED) is 0.876. The summed E-state index contributed by atoms with van der Waals surface area (Å²) in [5.74, 6) is -1.09. The Bertz CT molecular complexity index is 589. The normalized spacial score (nSPS) is 22.3. The molecule has 0 saturated carbocycles. The van der Waals surface area contributed by atoms with Crippen LogP contribution < -0.4 is 5.32 Å². The van der Waals surface area contributed by atoms with Gasteiger partial charge < -0.3 is 5.32 Å². The van der Waals surface area contributed by atoms with E-state index in [-0.39, 0.29) is 23.5 Å². The van der Waals surface area contributed by atoms with Crippen LogP contribution in [0.2, 0.25) is 0 Å². The molecule has 2 unspecified atom stereocenters. The summed E-state index contributed by atoms with van der Waals surface area (Å²) in [5.41, 5.74) is 0.335. The second kappa shape index (κ2) is 6.83. The number of likely N-dealkylation sites (N-methyl/N-ethyl adjacent to an activating group) is 1. The lowest BCUT2D eigenvalue weighted by molar-refractivity contribution is 0.401. The van der Waals surface area contributed by atoms with E-state index in [1.165, 1.54) is 6.07 Å². The number of sulfone groups is 1. The molecule has 1 aliphatic rings. The lowest BCUT2D eigenvalue weighted by atomic mass is 9.94. The van der Waals surface area contributed by atoms with E-state index in [0.717, 1.165) is 6.07 Å². The van der Waals surface area contributed by atoms with Crippen LogP contribution in [0.1, 0.15) is 25.3 Å². The van der Waals surface area contributed by atoms with E-state index in [2.05, 4.69) is 5.32 Å². The molecular formula is C15H21F2NO2S. The topological polar surface area (TPSA) is 46.2 Å². The molecule has 21 heavy (non-hydrogen) atoms. The molecule has 1 aromatic carbocycles. The summed E-state index contributed by atoms with van der Waals surface area (Å²) in [7, 11) is -2.91. The summed E-state index contributed by atoms with van der Waals surface area (Å²) >= 11 is 0. The van der Waals surface area contributed by atoms with E-state index in [9.17, 15) is 17.2 Å². The zero-order chi connectivity index (χ0) is 15.5. The molecule has 1 saturated heterocycles. The maximum absolute atomic E-state index is 13.7. The Morgan fingerprint density at radius 2 is 2.14 bits per heavy atom. The third kappa shape index (κ3) is 4.48. The first-order valence-electron chi connectivity index (χ1n) is 7.28. The molecule has 0 amide bonds. The molecule has 0 aromatic heterocycles. The van der Waals surface area contributed by atoms with E-state index in [0.29, 0.717) is 31.4 Å². The van der Waals surface area contributed by atoms with Crippen LogP contribution in [0.15, 0.2) is 18.2 Å². The monoisotopic (exact) mass is 317 g/mol. The Morgan fingerprint density at radius 1 is 1.38 bits per heavy atom. The molecule has 1 aromatic rings. The van der Waals surface area contributed by atoms with Crippen LogP contribution in [0, 0.1) is 17.6 Å². The minimum absolute atomic E-state index is 0.0374. The number of rotatable bonds is 6. The fourth-order valence-electron chi connectivity index (χ4n) is 2.96. The third-order valence-electron chi connectivity index (χ3n) is 3.94. The summed E-state index contributed by atoms with van der Waals surface area (Å²) in [4.78, 5) is 0. The van der Waals surface area contributed by atoms with Gasteiger partial charge in [0.05, 0.1) is 11.5 Å². The SMILES string of the molecule is CCNC(Cc1cccc(F)c1F)CC1CCS(=O)(=O)C1. The molecule has 1 fully saturated rings. The van der Waals surface area contributed by atoms with Crippen molar-refractivity contribution >= 4 is 9.84 Å². The largest absolute Gasteiger partial charge is 0.314 e. The van der Waals surface area contributed by atoms with E-state index in [1.54, 1.807) is 6.07 Å². The van der Waals surface area contributed by atoms with Gasteiger partial charge in [0, 0.05) is 6.04 Å². The molecule has 0 aliphatic carbocycles. The smallest absolute Gasteiger partial charge is 0.162 e. The van der Waals surface area contributed by atoms with Gasteiger partial charge in [-0.1, -0.05) is 19.1 Å². The van der Waals surface area contributed by atoms with Crippen molar-refractivity contribution in [1.29, 1.82) is 0 Å². The van der Waals surface area contributed by atoms with E-state index < -0.39 is 21.5 Å². The fourth-order valence-corrected chi connectivity index (χ4v) is 4.84. The van der Waals surface area contributed by atoms with Crippen molar-refractivity contribution in [2.75, 3.05) is 18.1 Å². The minimum atomic E-state index is -2.91. The van der Waals surface area contributed by atoms with Gasteiger partial charge in [-0.05, 0) is 43.4 Å². The summed E-state index contributed by atoms with van der Waals surface area (Å²) in [6, 6.07) is 4.14. The van der Waals surface area contributed by atoms with Gasteiger partial charge >= 0.3 is 0 Å². The lowest BCUT2D eigenvalue weighted by Crippen LogP contribution is -2.33. The molecule has 1 aliphatic heterocycles. The highest BCUT2D eigenvalue weighted by atomic mass is 32.2. The van der Waals surface area contributed by atoms with E-state index in [4.69, 9.17) is 0 Å². The second-order valence-corrected chi connectivity index (χ2v) is 7.91. The first-order valence-corrected chi connectivity index (χ1v) is 9.10. The molecular weight excluding hydrogens is 296 g/mol. The average molecular weight is 317 g/mol. The molecule has 1 heterocycles. The van der Waals surface area contributed by atoms with Gasteiger partial charge in [0.15, 0.2) is 21.5 Å². The van der Waals surface area contributed by atoms with Crippen molar-refractivity contribution in [1.82, 2.24) is 5.32 Å². The zero-order valence-corrected chi connectivity index (χ0v) is 12.9. The predicted octanol–water partition coefficient (Wildman–Crippen LogP) is 2.31. The highest BCUT2D eigenvalue weighted by Gasteiger charge is 2.29. The molecule has 2 atom stereocenters. The molecule has 118 valence electrons. The van der Waals surface area contributed by atoms with Gasteiger partial charge in [-0.15, -0.1) is 0 Å². The molecule has 0 spiro atoms. The number of benzene rings is 1. The van der Waals surface area contributed by atoms with Crippen molar-refractivity contribution in [3.63, 3.8) is 0 Å². The number of hydrogen-bond donors (Lipinski definition) is 1. The summed E-state index contributed by atoms with van der Waals surface area (Å²) in [6.07, 6.45) is 1.70. The van der Waals surface area contributed by atoms with Gasteiger partial charge in [0.1, 0.15) is 0 Å². The van der Waals surface area contributed by atoms with Gasteiger partial charge in [0.2, 0.25) is 0 Å². The summed E-state index contributed by atoms with van der Waals surface area (Å²) in [5, 5.41) is 3.25. The number of halogens is 2. The second-order valence-electron chi connectivity index (χ2n) is 5.68. The van der Waals surface area contributed by atoms with Gasteiger partial charge in [-0.3, -0.25) is 0 Å². The molecule has 1 N–H and O–H groups in total. The van der Waals surface area contributed by atoms with Crippen LogP contribution >= 0.6 is 0 Å². The zero-order valence-electron chi connectivity index (χ0n) is 12.1. The Hall–Kier alpha value is -1.01. The lowest BCUT2D eigenvalue weighted by Gasteiger charge is -2.21. The van der Waals surface area contributed by atoms with Crippen LogP contribution in [0.5, 0.6) is 0 Å². The highest BCUT2D eigenvalue weighted by molar-refractivity contribution is 7.91. The highest BCUT2D eigenvalue weighted by Crippen LogP contribution is 2.24. The Balaban J connectivity index is 2.04. The Labute approximate surface area is 124 Å². The van der Waals surface area contributed by atoms with Crippen LogP contribution in [0.4, 0.5) is 8.78 Å². The number of hydrogen-bond acceptors (Lipinski definition) is 3. The van der Waals surface area contributed by atoms with Crippen molar-refractivity contribution in [2.45, 2.75) is 32.2 Å². The van der Waals surface area contributed by atoms with Crippen molar-refractivity contribution in [2.24, 2.45) is 5.92 Å². The minimum Gasteiger partial charge on any atom is -0.314 e. The van der Waals surface area contributed by atoms with Crippen molar-refractivity contribution in [3.05, 3.63) is 35.4 Å².